The number of nitrogens with one attached hydrogen (secondary N) is 1. The SMILES string of the molecule is CCC(C)(C)CNC(=O)c1c(Cl)ccc(S(=O)(=O)Cl)c1Cl. The molecule has 1 aromatic rings. The fourth-order valence-corrected chi connectivity index (χ4v) is 3.36. The van der Waals surface area contributed by atoms with Crippen molar-refractivity contribution in [1.82, 2.24) is 5.32 Å². The maximum atomic E-state index is 12.2. The van der Waals surface area contributed by atoms with Gasteiger partial charge in [0, 0.05) is 17.2 Å². The quantitative estimate of drug-likeness (QED) is 0.792. The van der Waals surface area contributed by atoms with Gasteiger partial charge in [-0.15, -0.1) is 0 Å². The van der Waals surface area contributed by atoms with E-state index in [0.29, 0.717) is 6.54 Å². The van der Waals surface area contributed by atoms with Gasteiger partial charge in [0.25, 0.3) is 15.0 Å². The Kier molecular flexibility index (Phi) is 5.95. The van der Waals surface area contributed by atoms with Crippen LogP contribution in [0.15, 0.2) is 17.0 Å². The molecule has 0 aromatic heterocycles. The Balaban J connectivity index is 3.16. The summed E-state index contributed by atoms with van der Waals surface area (Å²) in [7, 11) is 1.23. The van der Waals surface area contributed by atoms with E-state index in [1.807, 2.05) is 20.8 Å². The van der Waals surface area contributed by atoms with E-state index in [9.17, 15) is 13.2 Å². The van der Waals surface area contributed by atoms with Crippen molar-refractivity contribution < 1.29 is 13.2 Å². The van der Waals surface area contributed by atoms with Crippen molar-refractivity contribution in [1.29, 1.82) is 0 Å². The second kappa shape index (κ2) is 6.73. The maximum absolute atomic E-state index is 12.2. The van der Waals surface area contributed by atoms with Crippen molar-refractivity contribution in [2.75, 3.05) is 6.54 Å². The minimum Gasteiger partial charge on any atom is -0.351 e. The van der Waals surface area contributed by atoms with Crippen LogP contribution in [0, 0.1) is 5.41 Å². The molecule has 0 atom stereocenters. The highest BCUT2D eigenvalue weighted by atomic mass is 35.7. The van der Waals surface area contributed by atoms with Crippen LogP contribution < -0.4 is 5.32 Å². The van der Waals surface area contributed by atoms with Crippen LogP contribution in [0.2, 0.25) is 10.0 Å². The Hall–Kier alpha value is -0.490. The van der Waals surface area contributed by atoms with Gasteiger partial charge in [-0.05, 0) is 24.0 Å². The first-order valence-corrected chi connectivity index (χ1v) is 9.27. The van der Waals surface area contributed by atoms with Crippen molar-refractivity contribution >= 4 is 48.8 Å². The highest BCUT2D eigenvalue weighted by molar-refractivity contribution is 8.13. The van der Waals surface area contributed by atoms with Crippen molar-refractivity contribution in [2.45, 2.75) is 32.1 Å². The molecule has 0 saturated heterocycles. The minimum absolute atomic E-state index is 0.0656. The van der Waals surface area contributed by atoms with Gasteiger partial charge >= 0.3 is 0 Å². The third kappa shape index (κ3) is 4.74. The highest BCUT2D eigenvalue weighted by Gasteiger charge is 2.25. The molecule has 4 nitrogen and oxygen atoms in total. The van der Waals surface area contributed by atoms with E-state index in [1.165, 1.54) is 12.1 Å². The lowest BCUT2D eigenvalue weighted by Crippen LogP contribution is -2.34. The van der Waals surface area contributed by atoms with Crippen LogP contribution in [0.3, 0.4) is 0 Å². The topological polar surface area (TPSA) is 63.2 Å². The molecule has 0 unspecified atom stereocenters. The number of rotatable bonds is 5. The molecule has 0 bridgehead atoms. The zero-order valence-electron chi connectivity index (χ0n) is 11.8. The monoisotopic (exact) mass is 371 g/mol. The van der Waals surface area contributed by atoms with E-state index in [4.69, 9.17) is 33.9 Å². The van der Waals surface area contributed by atoms with Gasteiger partial charge in [-0.2, -0.15) is 0 Å². The molecule has 118 valence electrons. The zero-order valence-corrected chi connectivity index (χ0v) is 14.9. The van der Waals surface area contributed by atoms with Crippen LogP contribution in [0.5, 0.6) is 0 Å². The third-order valence-corrected chi connectivity index (χ3v) is 5.41. The molecule has 0 fully saturated rings. The predicted molar refractivity (Wildman–Crippen MR) is 85.9 cm³/mol. The molecule has 0 aliphatic carbocycles. The molecular weight excluding hydrogens is 357 g/mol. The summed E-state index contributed by atoms with van der Waals surface area (Å²) in [6.45, 7) is 6.41. The first-order chi connectivity index (χ1) is 9.49. The summed E-state index contributed by atoms with van der Waals surface area (Å²) < 4.78 is 22.8. The minimum atomic E-state index is -4.05. The summed E-state index contributed by atoms with van der Waals surface area (Å²) in [6.07, 6.45) is 0.866. The fraction of sp³-hybridized carbons (Fsp3) is 0.462. The van der Waals surface area contributed by atoms with Crippen LogP contribution in [-0.2, 0) is 9.05 Å². The average molecular weight is 373 g/mol. The molecule has 0 aliphatic heterocycles. The Morgan fingerprint density at radius 3 is 2.33 bits per heavy atom. The molecule has 1 amide bonds. The van der Waals surface area contributed by atoms with Crippen LogP contribution in [0.4, 0.5) is 0 Å². The Morgan fingerprint density at radius 2 is 1.86 bits per heavy atom. The van der Waals surface area contributed by atoms with Crippen molar-refractivity contribution in [3.05, 3.63) is 27.7 Å². The standard InChI is InChI=1S/C13H16Cl3NO3S/c1-4-13(2,3)7-17-12(18)10-8(14)5-6-9(11(10)15)21(16,19)20/h5-6H,4,7H2,1-3H3,(H,17,18). The Bertz CT molecular complexity index is 657. The van der Waals surface area contributed by atoms with Crippen molar-refractivity contribution in [3.63, 3.8) is 0 Å². The predicted octanol–water partition coefficient (Wildman–Crippen LogP) is 4.09. The molecule has 1 aromatic carbocycles. The number of carbonyl (C=O) groups is 1. The largest absolute Gasteiger partial charge is 0.351 e. The molecule has 1 N–H and O–H groups in total. The lowest BCUT2D eigenvalue weighted by Gasteiger charge is -2.23. The summed E-state index contributed by atoms with van der Waals surface area (Å²) in [4.78, 5) is 11.9. The van der Waals surface area contributed by atoms with Gasteiger partial charge in [-0.3, -0.25) is 4.79 Å². The van der Waals surface area contributed by atoms with Gasteiger partial charge < -0.3 is 5.32 Å². The molecule has 21 heavy (non-hydrogen) atoms. The molecule has 0 saturated carbocycles. The van der Waals surface area contributed by atoms with Gasteiger partial charge in [-0.1, -0.05) is 44.0 Å². The van der Waals surface area contributed by atoms with Crippen LogP contribution in [0.1, 0.15) is 37.6 Å². The highest BCUT2D eigenvalue weighted by Crippen LogP contribution is 2.33. The molecule has 8 heteroatoms. The molecular formula is C13H16Cl3NO3S. The van der Waals surface area contributed by atoms with Crippen LogP contribution in [0.25, 0.3) is 0 Å². The lowest BCUT2D eigenvalue weighted by atomic mass is 9.90. The van der Waals surface area contributed by atoms with E-state index in [2.05, 4.69) is 5.32 Å². The smallest absolute Gasteiger partial charge is 0.262 e. The fourth-order valence-electron chi connectivity index (χ4n) is 1.46. The van der Waals surface area contributed by atoms with Gasteiger partial charge in [0.05, 0.1) is 15.6 Å². The normalized spacial score (nSPS) is 12.3. The van der Waals surface area contributed by atoms with E-state index >= 15 is 0 Å². The first-order valence-electron chi connectivity index (χ1n) is 6.20. The van der Waals surface area contributed by atoms with E-state index in [0.717, 1.165) is 6.42 Å². The molecule has 0 radical (unpaired) electrons. The van der Waals surface area contributed by atoms with E-state index in [1.54, 1.807) is 0 Å². The summed E-state index contributed by atoms with van der Waals surface area (Å²) >= 11 is 11.9. The van der Waals surface area contributed by atoms with Crippen molar-refractivity contribution in [2.24, 2.45) is 5.41 Å². The van der Waals surface area contributed by atoms with Crippen LogP contribution >= 0.6 is 33.9 Å². The number of carbonyl (C=O) groups excluding carboxylic acids is 1. The average Bonchev–Trinajstić information content (AvgIpc) is 2.35. The number of benzene rings is 1. The molecule has 0 spiro atoms. The summed E-state index contributed by atoms with van der Waals surface area (Å²) in [6, 6.07) is 2.45. The molecule has 0 heterocycles. The van der Waals surface area contributed by atoms with Gasteiger partial charge in [0.2, 0.25) is 0 Å². The van der Waals surface area contributed by atoms with E-state index in [-0.39, 0.29) is 25.9 Å². The van der Waals surface area contributed by atoms with E-state index < -0.39 is 15.0 Å². The Labute approximate surface area is 139 Å². The lowest BCUT2D eigenvalue weighted by molar-refractivity contribution is 0.0936. The third-order valence-electron chi connectivity index (χ3n) is 3.23. The number of hydrogen-bond acceptors (Lipinski definition) is 3. The number of amides is 1. The first kappa shape index (κ1) is 18.6. The summed E-state index contributed by atoms with van der Waals surface area (Å²) in [5, 5.41) is 2.50. The second-order valence-electron chi connectivity index (χ2n) is 5.37. The van der Waals surface area contributed by atoms with Crippen LogP contribution in [-0.4, -0.2) is 20.9 Å². The number of halogens is 3. The Morgan fingerprint density at radius 1 is 1.29 bits per heavy atom. The summed E-state index contributed by atoms with van der Waals surface area (Å²) in [5.41, 5.74) is -0.183. The molecule has 0 aliphatic rings. The van der Waals surface area contributed by atoms with Gasteiger partial charge in [0.15, 0.2) is 0 Å². The molecule has 1 rings (SSSR count). The zero-order chi connectivity index (χ0) is 16.4. The summed E-state index contributed by atoms with van der Waals surface area (Å²) in [5.74, 6) is -0.534. The van der Waals surface area contributed by atoms with Gasteiger partial charge in [-0.25, -0.2) is 8.42 Å². The van der Waals surface area contributed by atoms with Crippen molar-refractivity contribution in [3.8, 4) is 0 Å². The number of hydrogen-bond donors (Lipinski definition) is 1. The van der Waals surface area contributed by atoms with Gasteiger partial charge in [0.1, 0.15) is 4.90 Å². The maximum Gasteiger partial charge on any atom is 0.262 e. The second-order valence-corrected chi connectivity index (χ2v) is 8.69.